The zero-order valence-electron chi connectivity index (χ0n) is 14.9. The Labute approximate surface area is 151 Å². The van der Waals surface area contributed by atoms with E-state index in [-0.39, 0.29) is 12.0 Å². The maximum absolute atomic E-state index is 13.1. The van der Waals surface area contributed by atoms with Crippen molar-refractivity contribution in [3.8, 4) is 11.5 Å². The van der Waals surface area contributed by atoms with Gasteiger partial charge in [0.15, 0.2) is 11.5 Å². The van der Waals surface area contributed by atoms with E-state index in [0.717, 1.165) is 11.4 Å². The summed E-state index contributed by atoms with van der Waals surface area (Å²) in [6.45, 7) is 6.17. The van der Waals surface area contributed by atoms with Crippen LogP contribution in [0.5, 0.6) is 11.5 Å². The van der Waals surface area contributed by atoms with E-state index >= 15 is 0 Å². The van der Waals surface area contributed by atoms with Crippen molar-refractivity contribution < 1.29 is 19.0 Å². The van der Waals surface area contributed by atoms with E-state index < -0.39 is 0 Å². The molecule has 1 fully saturated rings. The highest BCUT2D eigenvalue weighted by molar-refractivity contribution is 5.98. The molecule has 1 amide bonds. The van der Waals surface area contributed by atoms with Crippen molar-refractivity contribution >= 4 is 5.91 Å². The van der Waals surface area contributed by atoms with E-state index in [0.29, 0.717) is 55.8 Å². The van der Waals surface area contributed by atoms with Crippen LogP contribution in [-0.2, 0) is 4.74 Å². The van der Waals surface area contributed by atoms with E-state index in [1.165, 1.54) is 0 Å². The third-order valence-electron chi connectivity index (χ3n) is 4.47. The van der Waals surface area contributed by atoms with Crippen molar-refractivity contribution in [2.45, 2.75) is 20.0 Å². The number of aromatic nitrogens is 2. The molecule has 1 saturated heterocycles. The molecular formula is C19H21N3O4. The Hall–Kier alpha value is -2.67. The van der Waals surface area contributed by atoms with Crippen LogP contribution in [0.15, 0.2) is 24.3 Å². The first kappa shape index (κ1) is 16.8. The van der Waals surface area contributed by atoms with Crippen LogP contribution in [0.1, 0.15) is 33.7 Å². The fraction of sp³-hybridized carbons (Fsp3) is 0.421. The van der Waals surface area contributed by atoms with Gasteiger partial charge in [0.2, 0.25) is 0 Å². The molecule has 0 spiro atoms. The smallest absolute Gasteiger partial charge is 0.257 e. The number of morpholine rings is 1. The quantitative estimate of drug-likeness (QED) is 0.821. The van der Waals surface area contributed by atoms with E-state index in [1.54, 1.807) is 11.0 Å². The zero-order valence-corrected chi connectivity index (χ0v) is 14.9. The van der Waals surface area contributed by atoms with Crippen LogP contribution in [-0.4, -0.2) is 53.7 Å². The van der Waals surface area contributed by atoms with Crippen LogP contribution in [0.25, 0.3) is 0 Å². The molecule has 0 bridgehead atoms. The number of benzene rings is 1. The van der Waals surface area contributed by atoms with Crippen LogP contribution in [0.4, 0.5) is 0 Å². The number of hydrogen-bond donors (Lipinski definition) is 0. The van der Waals surface area contributed by atoms with Gasteiger partial charge >= 0.3 is 0 Å². The number of hydrogen-bond acceptors (Lipinski definition) is 6. The van der Waals surface area contributed by atoms with Crippen molar-refractivity contribution in [1.29, 1.82) is 0 Å². The Morgan fingerprint density at radius 3 is 2.85 bits per heavy atom. The molecule has 7 nitrogen and oxygen atoms in total. The number of amides is 1. The first-order chi connectivity index (χ1) is 12.6. The van der Waals surface area contributed by atoms with E-state index in [4.69, 9.17) is 14.2 Å². The van der Waals surface area contributed by atoms with Gasteiger partial charge in [0.05, 0.1) is 24.4 Å². The maximum atomic E-state index is 13.1. The number of fused-ring (bicyclic) bond motifs is 1. The summed E-state index contributed by atoms with van der Waals surface area (Å²) >= 11 is 0. The summed E-state index contributed by atoms with van der Waals surface area (Å²) in [6.07, 6.45) is -0.259. The summed E-state index contributed by atoms with van der Waals surface area (Å²) in [6, 6.07) is 7.32. The molecule has 0 radical (unpaired) electrons. The normalized spacial score (nSPS) is 19.3. The molecule has 7 heteroatoms. The molecule has 2 aliphatic rings. The zero-order chi connectivity index (χ0) is 18.1. The highest BCUT2D eigenvalue weighted by Crippen LogP contribution is 2.35. The Morgan fingerprint density at radius 2 is 2.00 bits per heavy atom. The van der Waals surface area contributed by atoms with E-state index in [2.05, 4.69) is 9.97 Å². The monoisotopic (exact) mass is 355 g/mol. The fourth-order valence-electron chi connectivity index (χ4n) is 3.34. The second-order valence-electron chi connectivity index (χ2n) is 6.42. The van der Waals surface area contributed by atoms with Crippen LogP contribution in [0, 0.1) is 13.8 Å². The summed E-state index contributed by atoms with van der Waals surface area (Å²) in [5.41, 5.74) is 2.22. The fourth-order valence-corrected chi connectivity index (χ4v) is 3.34. The predicted molar refractivity (Wildman–Crippen MR) is 93.5 cm³/mol. The average Bonchev–Trinajstić information content (AvgIpc) is 2.66. The lowest BCUT2D eigenvalue weighted by Crippen LogP contribution is -2.42. The Bertz CT molecular complexity index is 819. The minimum atomic E-state index is -0.259. The number of carbonyl (C=O) groups excluding carboxylic acids is 1. The molecule has 0 N–H and O–H groups in total. The van der Waals surface area contributed by atoms with Gasteiger partial charge in [-0.3, -0.25) is 4.79 Å². The van der Waals surface area contributed by atoms with Crippen LogP contribution in [0.2, 0.25) is 0 Å². The van der Waals surface area contributed by atoms with Crippen LogP contribution < -0.4 is 9.47 Å². The van der Waals surface area contributed by atoms with Crippen molar-refractivity contribution in [2.75, 3.05) is 32.9 Å². The molecule has 4 rings (SSSR count). The lowest BCUT2D eigenvalue weighted by molar-refractivity contribution is -0.0250. The lowest BCUT2D eigenvalue weighted by atomic mass is 10.1. The Morgan fingerprint density at radius 1 is 1.15 bits per heavy atom. The number of carbonyl (C=O) groups is 1. The third-order valence-corrected chi connectivity index (χ3v) is 4.47. The summed E-state index contributed by atoms with van der Waals surface area (Å²) in [4.78, 5) is 23.6. The molecule has 1 unspecified atom stereocenters. The molecule has 26 heavy (non-hydrogen) atoms. The van der Waals surface area contributed by atoms with Crippen molar-refractivity contribution in [1.82, 2.24) is 14.9 Å². The van der Waals surface area contributed by atoms with Crippen molar-refractivity contribution in [2.24, 2.45) is 0 Å². The summed E-state index contributed by atoms with van der Waals surface area (Å²) in [5, 5.41) is 0. The minimum Gasteiger partial charge on any atom is -0.486 e. The van der Waals surface area contributed by atoms with Gasteiger partial charge in [0.1, 0.15) is 25.1 Å². The minimum absolute atomic E-state index is 0.0804. The molecule has 1 aromatic heterocycles. The number of para-hydroxylation sites is 1. The molecule has 1 atom stereocenters. The van der Waals surface area contributed by atoms with E-state index in [1.807, 2.05) is 32.0 Å². The number of rotatable bonds is 2. The molecule has 1 aromatic carbocycles. The molecule has 0 saturated carbocycles. The second-order valence-corrected chi connectivity index (χ2v) is 6.42. The summed E-state index contributed by atoms with van der Waals surface area (Å²) < 4.78 is 17.1. The summed E-state index contributed by atoms with van der Waals surface area (Å²) in [7, 11) is 0. The molecule has 3 heterocycles. The highest BCUT2D eigenvalue weighted by Gasteiger charge is 2.30. The first-order valence-corrected chi connectivity index (χ1v) is 8.73. The number of ether oxygens (including phenoxy) is 3. The SMILES string of the molecule is Cc1cc(C2CN(C(=O)c3cccc4c3OCCO4)CCO2)nc(C)n1. The Balaban J connectivity index is 1.57. The lowest BCUT2D eigenvalue weighted by Gasteiger charge is -2.33. The Kier molecular flexibility index (Phi) is 4.46. The molecule has 2 aromatic rings. The molecule has 2 aliphatic heterocycles. The van der Waals surface area contributed by atoms with Gasteiger partial charge < -0.3 is 19.1 Å². The van der Waals surface area contributed by atoms with Gasteiger partial charge in [-0.2, -0.15) is 0 Å². The molecular weight excluding hydrogens is 334 g/mol. The standard InChI is InChI=1S/C19H21N3O4/c1-12-10-15(21-13(2)20-12)17-11-22(6-7-24-17)19(23)14-4-3-5-16-18(14)26-9-8-25-16/h3-5,10,17H,6-9,11H2,1-2H3. The average molecular weight is 355 g/mol. The van der Waals surface area contributed by atoms with Gasteiger partial charge in [0, 0.05) is 12.2 Å². The van der Waals surface area contributed by atoms with Gasteiger partial charge in [-0.15, -0.1) is 0 Å². The maximum Gasteiger partial charge on any atom is 0.257 e. The van der Waals surface area contributed by atoms with Crippen molar-refractivity contribution in [3.63, 3.8) is 0 Å². The van der Waals surface area contributed by atoms with Gasteiger partial charge in [-0.05, 0) is 32.0 Å². The van der Waals surface area contributed by atoms with Gasteiger partial charge in [-0.25, -0.2) is 9.97 Å². The second kappa shape index (κ2) is 6.92. The largest absolute Gasteiger partial charge is 0.486 e. The van der Waals surface area contributed by atoms with E-state index in [9.17, 15) is 4.79 Å². The third kappa shape index (κ3) is 3.22. The first-order valence-electron chi connectivity index (χ1n) is 8.73. The topological polar surface area (TPSA) is 73.8 Å². The summed E-state index contributed by atoms with van der Waals surface area (Å²) in [5.74, 6) is 1.77. The van der Waals surface area contributed by atoms with Gasteiger partial charge in [0.25, 0.3) is 5.91 Å². The van der Waals surface area contributed by atoms with Crippen molar-refractivity contribution in [3.05, 3.63) is 47.0 Å². The van der Waals surface area contributed by atoms with Gasteiger partial charge in [-0.1, -0.05) is 6.07 Å². The van der Waals surface area contributed by atoms with Crippen LogP contribution >= 0.6 is 0 Å². The molecule has 0 aliphatic carbocycles. The number of nitrogens with zero attached hydrogens (tertiary/aromatic N) is 3. The molecule has 136 valence electrons. The van der Waals surface area contributed by atoms with Crippen LogP contribution in [0.3, 0.4) is 0 Å². The number of aryl methyl sites for hydroxylation is 2. The highest BCUT2D eigenvalue weighted by atomic mass is 16.6. The predicted octanol–water partition coefficient (Wildman–Crippen LogP) is 2.08.